The van der Waals surface area contributed by atoms with E-state index >= 15 is 0 Å². The molecule has 0 aromatic heterocycles. The first-order valence-electron chi connectivity index (χ1n) is 10.1. The van der Waals surface area contributed by atoms with Crippen molar-refractivity contribution in [2.45, 2.75) is 43.9 Å². The van der Waals surface area contributed by atoms with Crippen LogP contribution < -0.4 is 4.74 Å². The summed E-state index contributed by atoms with van der Waals surface area (Å²) in [5, 5.41) is 11.1. The Kier molecular flexibility index (Phi) is 6.58. The third-order valence-electron chi connectivity index (χ3n) is 6.09. The van der Waals surface area contributed by atoms with E-state index in [0.717, 1.165) is 25.9 Å². The van der Waals surface area contributed by atoms with Crippen molar-refractivity contribution in [2.24, 2.45) is 0 Å². The van der Waals surface area contributed by atoms with Gasteiger partial charge < -0.3 is 19.6 Å². The summed E-state index contributed by atoms with van der Waals surface area (Å²) in [6.45, 7) is 2.78. The second kappa shape index (κ2) is 8.76. The number of methoxy groups -OCH3 is 1. The normalized spacial score (nSPS) is 24.8. The number of carbonyl (C=O) groups excluding carboxylic acids is 1. The summed E-state index contributed by atoms with van der Waals surface area (Å²) in [6.07, 6.45) is 3.24. The molecular weight excluding hydrogens is 361 g/mol. The van der Waals surface area contributed by atoms with Crippen molar-refractivity contribution in [2.75, 3.05) is 47.4 Å². The fourth-order valence-electron chi connectivity index (χ4n) is 4.33. The number of nitrogens with zero attached hydrogens (tertiary/aromatic N) is 3. The molecule has 2 saturated heterocycles. The van der Waals surface area contributed by atoms with Gasteiger partial charge in [0.2, 0.25) is 0 Å². The molecule has 1 N–H and O–H groups in total. The van der Waals surface area contributed by atoms with Gasteiger partial charge in [-0.05, 0) is 71.1 Å². The van der Waals surface area contributed by atoms with E-state index in [1.807, 2.05) is 0 Å². The van der Waals surface area contributed by atoms with Gasteiger partial charge in [-0.1, -0.05) is 0 Å². The molecule has 156 valence electrons. The van der Waals surface area contributed by atoms with Gasteiger partial charge in [-0.2, -0.15) is 0 Å². The molecule has 0 saturated carbocycles. The van der Waals surface area contributed by atoms with Gasteiger partial charge in [-0.3, -0.25) is 9.69 Å². The molecule has 28 heavy (non-hydrogen) atoms. The maximum atomic E-state index is 14.2. The molecule has 2 heterocycles. The molecule has 2 aliphatic heterocycles. The summed E-state index contributed by atoms with van der Waals surface area (Å²) in [7, 11) is 5.71. The number of piperidine rings is 2. The predicted molar refractivity (Wildman–Crippen MR) is 106 cm³/mol. The van der Waals surface area contributed by atoms with Crippen molar-refractivity contribution in [1.29, 1.82) is 0 Å². The number of ether oxygens (including phenoxy) is 1. The number of hydrogen-bond acceptors (Lipinski definition) is 5. The zero-order valence-electron chi connectivity index (χ0n) is 17.2. The number of β-amino-alcohol motifs (C(OH)–C–C–N with tert-alkyl or cyclic N) is 1. The lowest BCUT2D eigenvalue weighted by Gasteiger charge is -2.43. The van der Waals surface area contributed by atoms with E-state index in [0.29, 0.717) is 43.3 Å². The number of likely N-dealkylation sites (tertiary alicyclic amines) is 2. The molecule has 1 aromatic carbocycles. The molecule has 1 atom stereocenters. The summed E-state index contributed by atoms with van der Waals surface area (Å²) in [4.78, 5) is 19.1. The third kappa shape index (κ3) is 4.64. The largest absolute Gasteiger partial charge is 0.497 e. The first-order valence-corrected chi connectivity index (χ1v) is 10.1. The minimum atomic E-state index is -1.39. The van der Waals surface area contributed by atoms with Crippen LogP contribution in [0.25, 0.3) is 0 Å². The second-order valence-electron chi connectivity index (χ2n) is 8.29. The molecule has 0 spiro atoms. The van der Waals surface area contributed by atoms with Crippen molar-refractivity contribution in [3.05, 3.63) is 29.6 Å². The summed E-state index contributed by atoms with van der Waals surface area (Å²) in [5.74, 6) is -0.107. The van der Waals surface area contributed by atoms with E-state index < -0.39 is 5.60 Å². The van der Waals surface area contributed by atoms with Gasteiger partial charge in [0, 0.05) is 31.2 Å². The predicted octanol–water partition coefficient (Wildman–Crippen LogP) is 1.71. The minimum Gasteiger partial charge on any atom is -0.497 e. The lowest BCUT2D eigenvalue weighted by molar-refractivity contribution is -0.160. The van der Waals surface area contributed by atoms with Gasteiger partial charge in [-0.15, -0.1) is 0 Å². The van der Waals surface area contributed by atoms with Gasteiger partial charge in [0.1, 0.15) is 11.6 Å². The van der Waals surface area contributed by atoms with Gasteiger partial charge in [0.25, 0.3) is 5.91 Å². The molecule has 7 heteroatoms. The summed E-state index contributed by atoms with van der Waals surface area (Å²) in [6, 6.07) is 5.08. The zero-order valence-corrected chi connectivity index (χ0v) is 17.2. The smallest absolute Gasteiger partial charge is 0.256 e. The van der Waals surface area contributed by atoms with E-state index in [4.69, 9.17) is 4.74 Å². The third-order valence-corrected chi connectivity index (χ3v) is 6.09. The Morgan fingerprint density at radius 3 is 2.64 bits per heavy atom. The first kappa shape index (κ1) is 21.0. The molecule has 0 radical (unpaired) electrons. The molecule has 0 bridgehead atoms. The van der Waals surface area contributed by atoms with E-state index in [9.17, 15) is 14.3 Å². The van der Waals surface area contributed by atoms with Crippen LogP contribution in [0.2, 0.25) is 0 Å². The maximum Gasteiger partial charge on any atom is 0.256 e. The quantitative estimate of drug-likeness (QED) is 0.798. The Bertz CT molecular complexity index is 691. The van der Waals surface area contributed by atoms with E-state index in [2.05, 4.69) is 23.9 Å². The summed E-state index contributed by atoms with van der Waals surface area (Å²) in [5.41, 5.74) is -0.984. The first-order chi connectivity index (χ1) is 13.3. The average Bonchev–Trinajstić information content (AvgIpc) is 2.67. The highest BCUT2D eigenvalue weighted by Crippen LogP contribution is 2.28. The molecule has 2 fully saturated rings. The Labute approximate surface area is 166 Å². The van der Waals surface area contributed by atoms with Gasteiger partial charge in [0.15, 0.2) is 5.60 Å². The fourth-order valence-corrected chi connectivity index (χ4v) is 4.33. The lowest BCUT2D eigenvalue weighted by Crippen LogP contribution is -2.59. The standard InChI is InChI=1S/C21H32FN3O3/c1-23(2)17-7-11-24(12-8-17)15-21(27)9-4-10-25(20(21)26)14-16-13-18(28-3)5-6-19(16)22/h5-6,13,17,27H,4,7-12,14-15H2,1-3H3/t21-/m0/s1. The molecule has 2 aliphatic rings. The van der Waals surface area contributed by atoms with Crippen LogP contribution in [0.1, 0.15) is 31.2 Å². The van der Waals surface area contributed by atoms with Gasteiger partial charge in [0.05, 0.1) is 7.11 Å². The van der Waals surface area contributed by atoms with E-state index in [-0.39, 0.29) is 18.3 Å². The van der Waals surface area contributed by atoms with Crippen molar-refractivity contribution in [3.8, 4) is 5.75 Å². The topological polar surface area (TPSA) is 56.3 Å². The van der Waals surface area contributed by atoms with Crippen LogP contribution in [0, 0.1) is 5.82 Å². The number of amides is 1. The molecule has 0 aliphatic carbocycles. The highest BCUT2D eigenvalue weighted by atomic mass is 19.1. The van der Waals surface area contributed by atoms with Crippen molar-refractivity contribution < 1.29 is 19.0 Å². The highest BCUT2D eigenvalue weighted by molar-refractivity contribution is 5.86. The zero-order chi connectivity index (χ0) is 20.3. The van der Waals surface area contributed by atoms with Crippen molar-refractivity contribution in [1.82, 2.24) is 14.7 Å². The number of carbonyl (C=O) groups is 1. The number of rotatable bonds is 6. The molecular formula is C21H32FN3O3. The Morgan fingerprint density at radius 1 is 1.29 bits per heavy atom. The lowest BCUT2D eigenvalue weighted by atomic mass is 9.89. The molecule has 1 aromatic rings. The molecule has 0 unspecified atom stereocenters. The molecule has 1 amide bonds. The maximum absolute atomic E-state index is 14.2. The van der Waals surface area contributed by atoms with E-state index in [1.54, 1.807) is 17.0 Å². The van der Waals surface area contributed by atoms with Gasteiger partial charge in [-0.25, -0.2) is 4.39 Å². The number of aliphatic hydroxyl groups is 1. The van der Waals surface area contributed by atoms with Crippen LogP contribution >= 0.6 is 0 Å². The minimum absolute atomic E-state index is 0.146. The second-order valence-corrected chi connectivity index (χ2v) is 8.29. The Morgan fingerprint density at radius 2 is 2.00 bits per heavy atom. The van der Waals surface area contributed by atoms with Crippen molar-refractivity contribution >= 4 is 5.91 Å². The SMILES string of the molecule is COc1ccc(F)c(CN2CCC[C@](O)(CN3CCC(N(C)C)CC3)C2=O)c1. The van der Waals surface area contributed by atoms with Crippen LogP contribution in [0.15, 0.2) is 18.2 Å². The highest BCUT2D eigenvalue weighted by Gasteiger charge is 2.43. The van der Waals surface area contributed by atoms with Gasteiger partial charge >= 0.3 is 0 Å². The monoisotopic (exact) mass is 393 g/mol. The fraction of sp³-hybridized carbons (Fsp3) is 0.667. The Balaban J connectivity index is 1.65. The number of benzene rings is 1. The summed E-state index contributed by atoms with van der Waals surface area (Å²) >= 11 is 0. The van der Waals surface area contributed by atoms with Crippen LogP contribution in [0.3, 0.4) is 0 Å². The summed E-state index contributed by atoms with van der Waals surface area (Å²) < 4.78 is 19.4. The Hall–Kier alpha value is -1.70. The van der Waals surface area contributed by atoms with Crippen molar-refractivity contribution in [3.63, 3.8) is 0 Å². The molecule has 6 nitrogen and oxygen atoms in total. The van der Waals surface area contributed by atoms with E-state index in [1.165, 1.54) is 13.2 Å². The van der Waals surface area contributed by atoms with Crippen LogP contribution in [0.5, 0.6) is 5.75 Å². The van der Waals surface area contributed by atoms with Crippen LogP contribution in [0.4, 0.5) is 4.39 Å². The molecule has 3 rings (SSSR count). The van der Waals surface area contributed by atoms with Crippen LogP contribution in [-0.4, -0.2) is 84.7 Å². The van der Waals surface area contributed by atoms with Crippen LogP contribution in [-0.2, 0) is 11.3 Å². The number of hydrogen-bond donors (Lipinski definition) is 1. The number of halogens is 1. The average molecular weight is 394 g/mol.